The number of allylic oxidation sites excluding steroid dienone is 2. The second kappa shape index (κ2) is 4.95. The van der Waals surface area contributed by atoms with Gasteiger partial charge in [0.05, 0.1) is 6.42 Å². The van der Waals surface area contributed by atoms with Crippen molar-refractivity contribution in [2.24, 2.45) is 5.92 Å². The number of hydrogen-bond donors (Lipinski definition) is 0. The molecule has 0 saturated carbocycles. The number of carbonyl (C=O) groups is 2. The Kier molecular flexibility index (Phi) is 4.60. The quantitative estimate of drug-likeness (QED) is 0.494. The Morgan fingerprint density at radius 3 is 1.85 bits per heavy atom. The van der Waals surface area contributed by atoms with Crippen LogP contribution in [-0.4, -0.2) is 11.6 Å². The van der Waals surface area contributed by atoms with E-state index in [0.29, 0.717) is 5.57 Å². The Balaban J connectivity index is 4.34. The lowest BCUT2D eigenvalue weighted by Crippen LogP contribution is -2.14. The third kappa shape index (κ3) is 4.02. The number of Topliss-reactive ketones (excluding diaryl/α,β-unsaturated/α-hetero) is 2. The van der Waals surface area contributed by atoms with Crippen LogP contribution in [0.3, 0.4) is 0 Å². The standard InChI is InChI=1S/C11H18O2/c1-7(2)9(5)11(13)6-10(12)8(3)4/h8H,6H2,1-5H3. The summed E-state index contributed by atoms with van der Waals surface area (Å²) in [6.07, 6.45) is 0.0503. The molecule has 0 amide bonds. The van der Waals surface area contributed by atoms with E-state index >= 15 is 0 Å². The lowest BCUT2D eigenvalue weighted by Gasteiger charge is -2.04. The summed E-state index contributed by atoms with van der Waals surface area (Å²) in [6, 6.07) is 0. The maximum atomic E-state index is 11.4. The van der Waals surface area contributed by atoms with Gasteiger partial charge in [-0.3, -0.25) is 9.59 Å². The molecule has 0 spiro atoms. The summed E-state index contributed by atoms with van der Waals surface area (Å²) in [5, 5.41) is 0. The topological polar surface area (TPSA) is 34.1 Å². The molecular formula is C11H18O2. The van der Waals surface area contributed by atoms with E-state index in [4.69, 9.17) is 0 Å². The summed E-state index contributed by atoms with van der Waals surface area (Å²) in [7, 11) is 0. The Hall–Kier alpha value is -0.920. The highest BCUT2D eigenvalue weighted by Crippen LogP contribution is 2.08. The third-order valence-corrected chi connectivity index (χ3v) is 2.15. The van der Waals surface area contributed by atoms with Crippen molar-refractivity contribution in [1.82, 2.24) is 0 Å². The summed E-state index contributed by atoms with van der Waals surface area (Å²) in [5.41, 5.74) is 1.70. The average Bonchev–Trinajstić information content (AvgIpc) is 2.02. The van der Waals surface area contributed by atoms with Crippen molar-refractivity contribution in [1.29, 1.82) is 0 Å². The average molecular weight is 182 g/mol. The molecule has 0 aromatic rings. The van der Waals surface area contributed by atoms with Crippen LogP contribution in [0.5, 0.6) is 0 Å². The van der Waals surface area contributed by atoms with Crippen LogP contribution in [0.4, 0.5) is 0 Å². The molecule has 0 rings (SSSR count). The fraction of sp³-hybridized carbons (Fsp3) is 0.636. The molecule has 0 fully saturated rings. The zero-order valence-corrected chi connectivity index (χ0v) is 9.10. The molecule has 0 radical (unpaired) electrons. The second-order valence-corrected chi connectivity index (χ2v) is 3.85. The number of carbonyl (C=O) groups excluding carboxylic acids is 2. The predicted molar refractivity (Wildman–Crippen MR) is 53.5 cm³/mol. The zero-order chi connectivity index (χ0) is 10.6. The van der Waals surface area contributed by atoms with Crippen molar-refractivity contribution >= 4 is 11.6 Å². The highest BCUT2D eigenvalue weighted by atomic mass is 16.1. The van der Waals surface area contributed by atoms with Gasteiger partial charge in [0, 0.05) is 5.92 Å². The Morgan fingerprint density at radius 2 is 1.54 bits per heavy atom. The largest absolute Gasteiger partial charge is 0.299 e. The van der Waals surface area contributed by atoms with Gasteiger partial charge in [-0.25, -0.2) is 0 Å². The van der Waals surface area contributed by atoms with Gasteiger partial charge in [-0.05, 0) is 26.3 Å². The molecule has 0 aliphatic carbocycles. The fourth-order valence-electron chi connectivity index (χ4n) is 0.774. The van der Waals surface area contributed by atoms with Gasteiger partial charge in [0.15, 0.2) is 5.78 Å². The molecular weight excluding hydrogens is 164 g/mol. The summed E-state index contributed by atoms with van der Waals surface area (Å²) >= 11 is 0. The maximum absolute atomic E-state index is 11.4. The van der Waals surface area contributed by atoms with Gasteiger partial charge in [0.2, 0.25) is 0 Å². The van der Waals surface area contributed by atoms with Gasteiger partial charge in [0.1, 0.15) is 5.78 Å². The molecule has 0 unspecified atom stereocenters. The molecule has 0 atom stereocenters. The van der Waals surface area contributed by atoms with Gasteiger partial charge < -0.3 is 0 Å². The molecule has 13 heavy (non-hydrogen) atoms. The third-order valence-electron chi connectivity index (χ3n) is 2.15. The zero-order valence-electron chi connectivity index (χ0n) is 9.10. The van der Waals surface area contributed by atoms with Gasteiger partial charge in [-0.1, -0.05) is 19.4 Å². The first-order valence-corrected chi connectivity index (χ1v) is 4.56. The highest BCUT2D eigenvalue weighted by molar-refractivity contribution is 6.07. The molecule has 2 nitrogen and oxygen atoms in total. The van der Waals surface area contributed by atoms with Crippen LogP contribution in [0.1, 0.15) is 41.0 Å². The summed E-state index contributed by atoms with van der Waals surface area (Å²) in [5.74, 6) is -0.0711. The van der Waals surface area contributed by atoms with E-state index in [9.17, 15) is 9.59 Å². The molecule has 2 heteroatoms. The van der Waals surface area contributed by atoms with Crippen molar-refractivity contribution < 1.29 is 9.59 Å². The van der Waals surface area contributed by atoms with E-state index in [1.54, 1.807) is 6.92 Å². The van der Waals surface area contributed by atoms with Crippen LogP contribution in [0.2, 0.25) is 0 Å². The van der Waals surface area contributed by atoms with Gasteiger partial charge >= 0.3 is 0 Å². The van der Waals surface area contributed by atoms with E-state index < -0.39 is 0 Å². The molecule has 0 N–H and O–H groups in total. The smallest absolute Gasteiger partial charge is 0.165 e. The van der Waals surface area contributed by atoms with E-state index in [2.05, 4.69) is 0 Å². The minimum absolute atomic E-state index is 0.0191. The van der Waals surface area contributed by atoms with Gasteiger partial charge in [-0.15, -0.1) is 0 Å². The lowest BCUT2D eigenvalue weighted by atomic mass is 9.99. The first kappa shape index (κ1) is 12.1. The minimum atomic E-state index is -0.0473. The molecule has 74 valence electrons. The fourth-order valence-corrected chi connectivity index (χ4v) is 0.774. The van der Waals surface area contributed by atoms with Crippen LogP contribution in [0.15, 0.2) is 11.1 Å². The van der Waals surface area contributed by atoms with E-state index in [1.807, 2.05) is 27.7 Å². The van der Waals surface area contributed by atoms with E-state index in [0.717, 1.165) is 5.57 Å². The highest BCUT2D eigenvalue weighted by Gasteiger charge is 2.14. The van der Waals surface area contributed by atoms with Crippen molar-refractivity contribution in [3.63, 3.8) is 0 Å². The second-order valence-electron chi connectivity index (χ2n) is 3.85. The molecule has 0 aromatic heterocycles. The first-order chi connectivity index (χ1) is 5.86. The van der Waals surface area contributed by atoms with Crippen molar-refractivity contribution in [3.8, 4) is 0 Å². The van der Waals surface area contributed by atoms with Crippen molar-refractivity contribution in [2.75, 3.05) is 0 Å². The van der Waals surface area contributed by atoms with Crippen LogP contribution in [-0.2, 0) is 9.59 Å². The maximum Gasteiger partial charge on any atom is 0.165 e. The molecule has 0 saturated heterocycles. The van der Waals surface area contributed by atoms with Crippen LogP contribution in [0.25, 0.3) is 0 Å². The molecule has 0 aliphatic rings. The van der Waals surface area contributed by atoms with Crippen molar-refractivity contribution in [2.45, 2.75) is 41.0 Å². The summed E-state index contributed by atoms with van der Waals surface area (Å²) in [6.45, 7) is 9.16. The molecule has 0 aromatic carbocycles. The SMILES string of the molecule is CC(C)=C(C)C(=O)CC(=O)C(C)C. The lowest BCUT2D eigenvalue weighted by molar-refractivity contribution is -0.127. The Bertz CT molecular complexity index is 243. The summed E-state index contributed by atoms with van der Waals surface area (Å²) in [4.78, 5) is 22.7. The van der Waals surface area contributed by atoms with E-state index in [-0.39, 0.29) is 23.9 Å². The minimum Gasteiger partial charge on any atom is -0.299 e. The van der Waals surface area contributed by atoms with Crippen LogP contribution < -0.4 is 0 Å². The Labute approximate surface area is 80.0 Å². The molecule has 0 aliphatic heterocycles. The van der Waals surface area contributed by atoms with Crippen LogP contribution >= 0.6 is 0 Å². The van der Waals surface area contributed by atoms with Gasteiger partial charge in [0.25, 0.3) is 0 Å². The van der Waals surface area contributed by atoms with Crippen molar-refractivity contribution in [3.05, 3.63) is 11.1 Å². The number of rotatable bonds is 4. The monoisotopic (exact) mass is 182 g/mol. The Morgan fingerprint density at radius 1 is 1.08 bits per heavy atom. The normalized spacial score (nSPS) is 10.0. The number of ketones is 2. The van der Waals surface area contributed by atoms with Gasteiger partial charge in [-0.2, -0.15) is 0 Å². The summed E-state index contributed by atoms with van der Waals surface area (Å²) < 4.78 is 0. The molecule has 0 heterocycles. The molecule has 0 bridgehead atoms. The van der Waals surface area contributed by atoms with Crippen LogP contribution in [0, 0.1) is 5.92 Å². The van der Waals surface area contributed by atoms with E-state index in [1.165, 1.54) is 0 Å². The number of hydrogen-bond acceptors (Lipinski definition) is 2. The predicted octanol–water partition coefficient (Wildman–Crippen LogP) is 2.53. The first-order valence-electron chi connectivity index (χ1n) is 4.56.